The highest BCUT2D eigenvalue weighted by Gasteiger charge is 2.28. The minimum Gasteiger partial charge on any atom is -0.465 e. The molecule has 0 aliphatic rings. The minimum atomic E-state index is -4.34. The van der Waals surface area contributed by atoms with Gasteiger partial charge in [0.1, 0.15) is 15.4 Å². The van der Waals surface area contributed by atoms with Crippen LogP contribution < -0.4 is 16.8 Å². The number of esters is 1. The number of nitrogens with one attached hydrogen (secondary N) is 1. The fraction of sp³-hybridized carbons (Fsp3) is 0.400. The fourth-order valence-corrected chi connectivity index (χ4v) is 2.36. The molecule has 1 aromatic heterocycles. The van der Waals surface area contributed by atoms with Crippen LogP contribution in [0.25, 0.3) is 0 Å². The van der Waals surface area contributed by atoms with E-state index in [9.17, 15) is 22.8 Å². The Morgan fingerprint density at radius 2 is 2.00 bits per heavy atom. The lowest BCUT2D eigenvalue weighted by Crippen LogP contribution is -2.15. The van der Waals surface area contributed by atoms with Gasteiger partial charge in [-0.05, 0) is 0 Å². The van der Waals surface area contributed by atoms with E-state index in [4.69, 9.17) is 11.5 Å². The Balaban J connectivity index is 3.02. The first-order valence-corrected chi connectivity index (χ1v) is 6.10. The van der Waals surface area contributed by atoms with Gasteiger partial charge in [-0.25, -0.2) is 4.79 Å². The molecule has 112 valence electrons. The fourth-order valence-electron chi connectivity index (χ4n) is 1.37. The molecule has 0 saturated heterocycles. The Bertz CT molecular complexity index is 528. The van der Waals surface area contributed by atoms with Crippen LogP contribution in [0.2, 0.25) is 0 Å². The van der Waals surface area contributed by atoms with Gasteiger partial charge in [0.25, 0.3) is 5.91 Å². The van der Waals surface area contributed by atoms with Crippen molar-refractivity contribution < 1.29 is 27.5 Å². The number of nitrogens with two attached hydrogens (primary N) is 2. The predicted molar refractivity (Wildman–Crippen MR) is 67.8 cm³/mol. The van der Waals surface area contributed by atoms with Crippen LogP contribution in [0.3, 0.4) is 0 Å². The van der Waals surface area contributed by atoms with Crippen molar-refractivity contribution in [3.05, 3.63) is 10.4 Å². The number of amides is 1. The largest absolute Gasteiger partial charge is 0.465 e. The summed E-state index contributed by atoms with van der Waals surface area (Å²) in [4.78, 5) is 22.6. The average Bonchev–Trinajstić information content (AvgIpc) is 2.64. The van der Waals surface area contributed by atoms with E-state index in [0.29, 0.717) is 11.3 Å². The van der Waals surface area contributed by atoms with Crippen molar-refractivity contribution >= 4 is 33.9 Å². The Morgan fingerprint density at radius 1 is 1.40 bits per heavy atom. The molecule has 0 bridgehead atoms. The number of hydrogen-bond acceptors (Lipinski definition) is 6. The van der Waals surface area contributed by atoms with E-state index in [1.54, 1.807) is 0 Å². The minimum absolute atomic E-state index is 0.0207. The van der Waals surface area contributed by atoms with E-state index in [1.165, 1.54) is 0 Å². The summed E-state index contributed by atoms with van der Waals surface area (Å²) in [5, 5.41) is 2.43. The summed E-state index contributed by atoms with van der Waals surface area (Å²) >= 11 is 0.710. The van der Waals surface area contributed by atoms with Gasteiger partial charge in [-0.3, -0.25) is 4.79 Å². The SMILES string of the molecule is COC(=O)c1c(NCCC(F)(F)F)sc(C(N)=O)c1N. The second-order valence-electron chi connectivity index (χ2n) is 3.70. The number of carbonyl (C=O) groups is 2. The van der Waals surface area contributed by atoms with Crippen LogP contribution in [-0.2, 0) is 4.74 Å². The molecule has 10 heteroatoms. The summed E-state index contributed by atoms with van der Waals surface area (Å²) in [5.74, 6) is -1.73. The van der Waals surface area contributed by atoms with Gasteiger partial charge in [-0.1, -0.05) is 0 Å². The molecule has 0 fully saturated rings. The molecule has 0 saturated carbocycles. The number of hydrogen-bond donors (Lipinski definition) is 3. The lowest BCUT2D eigenvalue weighted by atomic mass is 10.2. The van der Waals surface area contributed by atoms with E-state index >= 15 is 0 Å². The third kappa shape index (κ3) is 3.76. The molecule has 0 unspecified atom stereocenters. The molecule has 5 N–H and O–H groups in total. The molecule has 20 heavy (non-hydrogen) atoms. The van der Waals surface area contributed by atoms with Gasteiger partial charge in [0.15, 0.2) is 0 Å². The lowest BCUT2D eigenvalue weighted by Gasteiger charge is -2.08. The van der Waals surface area contributed by atoms with E-state index in [0.717, 1.165) is 7.11 Å². The van der Waals surface area contributed by atoms with E-state index in [-0.39, 0.29) is 21.1 Å². The monoisotopic (exact) mass is 311 g/mol. The maximum Gasteiger partial charge on any atom is 0.390 e. The van der Waals surface area contributed by atoms with E-state index in [2.05, 4.69) is 10.1 Å². The highest BCUT2D eigenvalue weighted by atomic mass is 32.1. The molecular weight excluding hydrogens is 299 g/mol. The Labute approximate surface area is 115 Å². The quantitative estimate of drug-likeness (QED) is 0.716. The summed E-state index contributed by atoms with van der Waals surface area (Å²) in [6.07, 6.45) is -5.44. The van der Waals surface area contributed by atoms with Gasteiger partial charge < -0.3 is 21.5 Å². The molecular formula is C10H12F3N3O3S. The summed E-state index contributed by atoms with van der Waals surface area (Å²) in [7, 11) is 1.09. The van der Waals surface area contributed by atoms with Crippen molar-refractivity contribution in [1.29, 1.82) is 0 Å². The van der Waals surface area contributed by atoms with Crippen LogP contribution in [0.1, 0.15) is 26.5 Å². The van der Waals surface area contributed by atoms with Gasteiger partial charge in [0.05, 0.1) is 19.2 Å². The second kappa shape index (κ2) is 5.99. The predicted octanol–water partition coefficient (Wildman–Crippen LogP) is 1.58. The summed E-state index contributed by atoms with van der Waals surface area (Å²) in [6.45, 7) is -0.467. The number of thiophene rings is 1. The molecule has 0 spiro atoms. The number of alkyl halides is 3. The Kier molecular flexibility index (Phi) is 4.82. The number of primary amides is 1. The lowest BCUT2D eigenvalue weighted by molar-refractivity contribution is -0.131. The van der Waals surface area contributed by atoms with Crippen LogP contribution in [0, 0.1) is 0 Å². The van der Waals surface area contributed by atoms with Crippen molar-refractivity contribution in [2.24, 2.45) is 5.73 Å². The van der Waals surface area contributed by atoms with Gasteiger partial charge in [-0.15, -0.1) is 11.3 Å². The molecule has 0 radical (unpaired) electrons. The molecule has 0 atom stereocenters. The first-order chi connectivity index (χ1) is 9.17. The highest BCUT2D eigenvalue weighted by Crippen LogP contribution is 2.36. The molecule has 1 amide bonds. The first kappa shape index (κ1) is 16.1. The zero-order valence-electron chi connectivity index (χ0n) is 10.3. The van der Waals surface area contributed by atoms with Crippen molar-refractivity contribution in [1.82, 2.24) is 0 Å². The first-order valence-electron chi connectivity index (χ1n) is 5.28. The third-order valence-electron chi connectivity index (χ3n) is 2.25. The van der Waals surface area contributed by atoms with Crippen molar-refractivity contribution in [2.45, 2.75) is 12.6 Å². The maximum atomic E-state index is 12.1. The van der Waals surface area contributed by atoms with Gasteiger partial charge in [0.2, 0.25) is 0 Å². The van der Waals surface area contributed by atoms with Crippen molar-refractivity contribution in [2.75, 3.05) is 24.7 Å². The molecule has 0 aliphatic carbocycles. The normalized spacial score (nSPS) is 11.2. The van der Waals surface area contributed by atoms with E-state index in [1.807, 2.05) is 0 Å². The zero-order valence-corrected chi connectivity index (χ0v) is 11.2. The molecule has 0 aliphatic heterocycles. The van der Waals surface area contributed by atoms with Crippen LogP contribution in [0.4, 0.5) is 23.9 Å². The summed E-state index contributed by atoms with van der Waals surface area (Å²) in [6, 6.07) is 0. The Hall–Kier alpha value is -1.97. The topological polar surface area (TPSA) is 107 Å². The van der Waals surface area contributed by atoms with E-state index < -0.39 is 31.0 Å². The van der Waals surface area contributed by atoms with Gasteiger partial charge >= 0.3 is 12.1 Å². The van der Waals surface area contributed by atoms with Crippen molar-refractivity contribution in [3.63, 3.8) is 0 Å². The third-order valence-corrected chi connectivity index (χ3v) is 3.43. The zero-order chi connectivity index (χ0) is 15.5. The number of methoxy groups -OCH3 is 1. The number of carbonyl (C=O) groups excluding carboxylic acids is 2. The van der Waals surface area contributed by atoms with Crippen LogP contribution in [0.15, 0.2) is 0 Å². The van der Waals surface area contributed by atoms with Gasteiger partial charge in [0, 0.05) is 6.54 Å². The van der Waals surface area contributed by atoms with Crippen LogP contribution in [-0.4, -0.2) is 31.7 Å². The molecule has 1 rings (SSSR count). The summed E-state index contributed by atoms with van der Waals surface area (Å²) in [5.41, 5.74) is 10.3. The number of nitrogen functional groups attached to an aromatic ring is 1. The Morgan fingerprint density at radius 3 is 2.45 bits per heavy atom. The number of rotatable bonds is 5. The second-order valence-corrected chi connectivity index (χ2v) is 4.72. The number of halogens is 3. The average molecular weight is 311 g/mol. The molecule has 1 aromatic rings. The summed E-state index contributed by atoms with van der Waals surface area (Å²) < 4.78 is 40.7. The molecule has 1 heterocycles. The van der Waals surface area contributed by atoms with Gasteiger partial charge in [-0.2, -0.15) is 13.2 Å². The number of ether oxygens (including phenoxy) is 1. The number of anilines is 2. The van der Waals surface area contributed by atoms with Crippen molar-refractivity contribution in [3.8, 4) is 0 Å². The smallest absolute Gasteiger partial charge is 0.390 e. The highest BCUT2D eigenvalue weighted by molar-refractivity contribution is 7.19. The molecule has 6 nitrogen and oxygen atoms in total. The van der Waals surface area contributed by atoms with Crippen LogP contribution >= 0.6 is 11.3 Å². The standard InChI is InChI=1S/C10H12F3N3O3S/c1-19-9(18)4-5(14)6(7(15)17)20-8(4)16-3-2-10(11,12)13/h16H,2-3,14H2,1H3,(H2,15,17). The molecule has 0 aromatic carbocycles. The maximum absolute atomic E-state index is 12.1. The van der Waals surface area contributed by atoms with Crippen LogP contribution in [0.5, 0.6) is 0 Å².